The molecule has 1 amide bonds. The fraction of sp³-hybridized carbons (Fsp3) is 0.231. The van der Waals surface area contributed by atoms with Gasteiger partial charge in [-0.15, -0.1) is 5.10 Å². The van der Waals surface area contributed by atoms with Crippen molar-refractivity contribution in [3.05, 3.63) is 41.7 Å². The van der Waals surface area contributed by atoms with Crippen LogP contribution < -0.4 is 5.32 Å². The van der Waals surface area contributed by atoms with E-state index in [1.165, 1.54) is 10.9 Å². The Kier molecular flexibility index (Phi) is 4.09. The number of benzene rings is 1. The van der Waals surface area contributed by atoms with Gasteiger partial charge >= 0.3 is 5.97 Å². The summed E-state index contributed by atoms with van der Waals surface area (Å²) >= 11 is 0. The molecule has 2 aromatic rings. The number of amides is 1. The maximum absolute atomic E-state index is 12.0. The fourth-order valence-corrected chi connectivity index (χ4v) is 1.62. The minimum Gasteiger partial charge on any atom is -0.462 e. The van der Waals surface area contributed by atoms with Gasteiger partial charge in [-0.05, 0) is 19.1 Å². The summed E-state index contributed by atoms with van der Waals surface area (Å²) in [5.41, 5.74) is 0.847. The monoisotopic (exact) mass is 274 g/mol. The highest BCUT2D eigenvalue weighted by Crippen LogP contribution is 2.17. The van der Waals surface area contributed by atoms with E-state index in [1.54, 1.807) is 38.2 Å². The smallest absolute Gasteiger partial charge is 0.340 e. The van der Waals surface area contributed by atoms with Crippen molar-refractivity contribution in [3.8, 4) is 0 Å². The van der Waals surface area contributed by atoms with Crippen molar-refractivity contribution >= 4 is 17.6 Å². The van der Waals surface area contributed by atoms with Crippen LogP contribution in [0.1, 0.15) is 27.8 Å². The molecular formula is C13H14N4O3. The molecule has 0 aliphatic carbocycles. The first-order valence-corrected chi connectivity index (χ1v) is 6.05. The molecule has 0 unspecified atom stereocenters. The summed E-state index contributed by atoms with van der Waals surface area (Å²) in [6.45, 7) is 1.99. The zero-order valence-electron chi connectivity index (χ0n) is 11.2. The Morgan fingerprint density at radius 1 is 1.35 bits per heavy atom. The van der Waals surface area contributed by atoms with E-state index in [9.17, 15) is 9.59 Å². The molecule has 0 fully saturated rings. The van der Waals surface area contributed by atoms with E-state index >= 15 is 0 Å². The Morgan fingerprint density at radius 3 is 2.75 bits per heavy atom. The summed E-state index contributed by atoms with van der Waals surface area (Å²) in [6.07, 6.45) is 1.49. The van der Waals surface area contributed by atoms with E-state index in [4.69, 9.17) is 4.74 Å². The summed E-state index contributed by atoms with van der Waals surface area (Å²) in [5, 5.41) is 10.0. The molecule has 2 rings (SSSR count). The van der Waals surface area contributed by atoms with Crippen LogP contribution in [0.5, 0.6) is 0 Å². The maximum Gasteiger partial charge on any atom is 0.340 e. The quantitative estimate of drug-likeness (QED) is 0.848. The first-order valence-electron chi connectivity index (χ1n) is 6.05. The zero-order valence-corrected chi connectivity index (χ0v) is 11.2. The van der Waals surface area contributed by atoms with Gasteiger partial charge in [0.05, 0.1) is 24.1 Å². The minimum atomic E-state index is -0.484. The van der Waals surface area contributed by atoms with Gasteiger partial charge in [0, 0.05) is 7.05 Å². The van der Waals surface area contributed by atoms with Gasteiger partial charge in [0.1, 0.15) is 0 Å². The average Bonchev–Trinajstić information content (AvgIpc) is 2.86. The van der Waals surface area contributed by atoms with Gasteiger partial charge in [-0.2, -0.15) is 0 Å². The Balaban J connectivity index is 2.21. The molecule has 1 aromatic carbocycles. The van der Waals surface area contributed by atoms with Gasteiger partial charge < -0.3 is 10.1 Å². The van der Waals surface area contributed by atoms with Gasteiger partial charge in [0.25, 0.3) is 5.91 Å². The molecule has 0 aliphatic rings. The maximum atomic E-state index is 12.0. The SMILES string of the molecule is CCOC(=O)c1ccccc1NC(=O)c1cn(C)nn1. The molecule has 0 saturated carbocycles. The third-order valence-electron chi connectivity index (χ3n) is 2.51. The Labute approximate surface area is 115 Å². The van der Waals surface area contributed by atoms with Crippen molar-refractivity contribution < 1.29 is 14.3 Å². The van der Waals surface area contributed by atoms with E-state index in [-0.39, 0.29) is 12.3 Å². The van der Waals surface area contributed by atoms with Crippen molar-refractivity contribution in [3.63, 3.8) is 0 Å². The first-order chi connectivity index (χ1) is 9.61. The van der Waals surface area contributed by atoms with Crippen LogP contribution in [0.4, 0.5) is 5.69 Å². The number of nitrogens with one attached hydrogen (secondary N) is 1. The second kappa shape index (κ2) is 5.96. The van der Waals surface area contributed by atoms with Crippen molar-refractivity contribution in [2.45, 2.75) is 6.92 Å². The highest BCUT2D eigenvalue weighted by molar-refractivity contribution is 6.06. The Morgan fingerprint density at radius 2 is 2.10 bits per heavy atom. The Hall–Kier alpha value is -2.70. The second-order valence-electron chi connectivity index (χ2n) is 4.00. The van der Waals surface area contributed by atoms with Crippen LogP contribution in [0.2, 0.25) is 0 Å². The lowest BCUT2D eigenvalue weighted by molar-refractivity contribution is 0.0527. The Bertz CT molecular complexity index is 636. The molecule has 0 radical (unpaired) electrons. The summed E-state index contributed by atoms with van der Waals surface area (Å²) in [6, 6.07) is 6.63. The molecule has 0 aliphatic heterocycles. The number of aromatic nitrogens is 3. The lowest BCUT2D eigenvalue weighted by atomic mass is 10.1. The van der Waals surface area contributed by atoms with Gasteiger partial charge in [-0.3, -0.25) is 9.48 Å². The molecule has 0 spiro atoms. The van der Waals surface area contributed by atoms with Crippen LogP contribution in [0.3, 0.4) is 0 Å². The number of carbonyl (C=O) groups excluding carboxylic acids is 2. The molecule has 104 valence electrons. The summed E-state index contributed by atoms with van der Waals surface area (Å²) in [5.74, 6) is -0.919. The molecule has 0 saturated heterocycles. The second-order valence-corrected chi connectivity index (χ2v) is 4.00. The number of hydrogen-bond acceptors (Lipinski definition) is 5. The van der Waals surface area contributed by atoms with Crippen molar-refractivity contribution in [2.24, 2.45) is 7.05 Å². The number of para-hydroxylation sites is 1. The molecule has 20 heavy (non-hydrogen) atoms. The lowest BCUT2D eigenvalue weighted by Crippen LogP contribution is -2.16. The molecule has 1 N–H and O–H groups in total. The molecule has 7 nitrogen and oxygen atoms in total. The van der Waals surface area contributed by atoms with Crippen LogP contribution in [-0.4, -0.2) is 33.5 Å². The molecule has 1 aromatic heterocycles. The molecule has 0 bridgehead atoms. The van der Waals surface area contributed by atoms with Crippen LogP contribution in [0.15, 0.2) is 30.5 Å². The summed E-state index contributed by atoms with van der Waals surface area (Å²) in [7, 11) is 1.66. The average molecular weight is 274 g/mol. The van der Waals surface area contributed by atoms with E-state index < -0.39 is 11.9 Å². The van der Waals surface area contributed by atoms with Gasteiger partial charge in [0.2, 0.25) is 0 Å². The van der Waals surface area contributed by atoms with Crippen LogP contribution in [0, 0.1) is 0 Å². The first kappa shape index (κ1) is 13.7. The van der Waals surface area contributed by atoms with Crippen LogP contribution in [0.25, 0.3) is 0 Å². The minimum absolute atomic E-state index is 0.172. The van der Waals surface area contributed by atoms with Gasteiger partial charge in [0.15, 0.2) is 5.69 Å². The van der Waals surface area contributed by atoms with Crippen molar-refractivity contribution in [1.29, 1.82) is 0 Å². The highest BCUT2D eigenvalue weighted by Gasteiger charge is 2.16. The lowest BCUT2D eigenvalue weighted by Gasteiger charge is -2.09. The number of anilines is 1. The molecule has 7 heteroatoms. The normalized spacial score (nSPS) is 10.1. The largest absolute Gasteiger partial charge is 0.462 e. The standard InChI is InChI=1S/C13H14N4O3/c1-3-20-13(19)9-6-4-5-7-10(9)14-12(18)11-8-17(2)16-15-11/h4-8H,3H2,1-2H3,(H,14,18). The number of aryl methyl sites for hydroxylation is 1. The molecule has 1 heterocycles. The van der Waals surface area contributed by atoms with Gasteiger partial charge in [-0.25, -0.2) is 4.79 Å². The topological polar surface area (TPSA) is 86.1 Å². The third kappa shape index (κ3) is 3.00. The molecule has 0 atom stereocenters. The number of carbonyl (C=O) groups is 2. The van der Waals surface area contributed by atoms with E-state index in [0.717, 1.165) is 0 Å². The number of nitrogens with zero attached hydrogens (tertiary/aromatic N) is 3. The van der Waals surface area contributed by atoms with Gasteiger partial charge in [-0.1, -0.05) is 17.3 Å². The third-order valence-corrected chi connectivity index (χ3v) is 2.51. The number of hydrogen-bond donors (Lipinski definition) is 1. The van der Waals surface area contributed by atoms with E-state index in [1.807, 2.05) is 0 Å². The zero-order chi connectivity index (χ0) is 14.5. The predicted octanol–water partition coefficient (Wildman–Crippen LogP) is 1.24. The van der Waals surface area contributed by atoms with Crippen molar-refractivity contribution in [1.82, 2.24) is 15.0 Å². The number of esters is 1. The summed E-state index contributed by atoms with van der Waals surface area (Å²) < 4.78 is 6.36. The van der Waals surface area contributed by atoms with Crippen molar-refractivity contribution in [2.75, 3.05) is 11.9 Å². The predicted molar refractivity (Wildman–Crippen MR) is 71.4 cm³/mol. The van der Waals surface area contributed by atoms with Crippen LogP contribution >= 0.6 is 0 Å². The fourth-order valence-electron chi connectivity index (χ4n) is 1.62. The highest BCUT2D eigenvalue weighted by atomic mass is 16.5. The van der Waals surface area contributed by atoms with E-state index in [0.29, 0.717) is 11.3 Å². The van der Waals surface area contributed by atoms with E-state index in [2.05, 4.69) is 15.6 Å². The molecular weight excluding hydrogens is 260 g/mol. The number of ether oxygens (including phenoxy) is 1. The summed E-state index contributed by atoms with van der Waals surface area (Å²) in [4.78, 5) is 23.8. The van der Waals surface area contributed by atoms with Crippen LogP contribution in [-0.2, 0) is 11.8 Å². The number of rotatable bonds is 4.